The summed E-state index contributed by atoms with van der Waals surface area (Å²) in [5, 5.41) is 24.3. The quantitative estimate of drug-likeness (QED) is 0.250. The molecule has 0 fully saturated rings. The van der Waals surface area contributed by atoms with E-state index >= 15 is 0 Å². The summed E-state index contributed by atoms with van der Waals surface area (Å²) in [6.07, 6.45) is 0.921. The summed E-state index contributed by atoms with van der Waals surface area (Å²) in [6, 6.07) is 10.8. The molecule has 0 aliphatic carbocycles. The maximum Gasteiger partial charge on any atom is 0.338 e. The Labute approximate surface area is 175 Å². The average Bonchev–Trinajstić information content (AvgIpc) is 2.72. The summed E-state index contributed by atoms with van der Waals surface area (Å²) >= 11 is 0. The first-order valence-electron chi connectivity index (χ1n) is 8.70. The van der Waals surface area contributed by atoms with E-state index in [2.05, 4.69) is 10.6 Å². The number of benzene rings is 2. The number of carboxylic acid groups (broad SMARTS) is 1. The summed E-state index contributed by atoms with van der Waals surface area (Å²) in [5.74, 6) is -3.34. The van der Waals surface area contributed by atoms with E-state index in [4.69, 9.17) is 9.84 Å². The minimum Gasteiger partial charge on any atom is -0.478 e. The van der Waals surface area contributed by atoms with Gasteiger partial charge in [-0.15, -0.1) is 0 Å². The van der Waals surface area contributed by atoms with E-state index in [0.29, 0.717) is 5.69 Å². The summed E-state index contributed by atoms with van der Waals surface area (Å²) < 4.78 is 4.89. The zero-order chi connectivity index (χ0) is 23.0. The van der Waals surface area contributed by atoms with E-state index in [1.54, 1.807) is 0 Å². The van der Waals surface area contributed by atoms with Gasteiger partial charge in [0.2, 0.25) is 5.91 Å². The van der Waals surface area contributed by atoms with Gasteiger partial charge < -0.3 is 20.5 Å². The van der Waals surface area contributed by atoms with Crippen LogP contribution in [0.2, 0.25) is 0 Å². The number of nitrogens with one attached hydrogen (secondary N) is 2. The highest BCUT2D eigenvalue weighted by Crippen LogP contribution is 2.17. The fourth-order valence-corrected chi connectivity index (χ4v) is 2.24. The van der Waals surface area contributed by atoms with Gasteiger partial charge in [-0.2, -0.15) is 0 Å². The zero-order valence-corrected chi connectivity index (χ0v) is 16.2. The number of rotatable bonds is 8. The zero-order valence-electron chi connectivity index (χ0n) is 16.2. The lowest BCUT2D eigenvalue weighted by Crippen LogP contribution is -2.21. The molecule has 0 saturated heterocycles. The molecule has 0 unspecified atom stereocenters. The fourth-order valence-electron chi connectivity index (χ4n) is 2.24. The predicted octanol–water partition coefficient (Wildman–Crippen LogP) is 2.36. The first-order valence-corrected chi connectivity index (χ1v) is 8.70. The van der Waals surface area contributed by atoms with Crippen molar-refractivity contribution in [3.05, 3.63) is 75.9 Å². The predicted molar refractivity (Wildman–Crippen MR) is 108 cm³/mol. The van der Waals surface area contributed by atoms with Crippen LogP contribution in [-0.4, -0.2) is 40.4 Å². The lowest BCUT2D eigenvalue weighted by molar-refractivity contribution is -0.384. The van der Waals surface area contributed by atoms with Crippen LogP contribution in [0.3, 0.4) is 0 Å². The van der Waals surface area contributed by atoms with E-state index in [-0.39, 0.29) is 22.5 Å². The number of non-ortho nitro benzene ring substituents is 1. The van der Waals surface area contributed by atoms with Crippen molar-refractivity contribution < 1.29 is 33.9 Å². The largest absolute Gasteiger partial charge is 0.478 e. The number of carbonyl (C=O) groups is 4. The van der Waals surface area contributed by atoms with Crippen molar-refractivity contribution in [2.75, 3.05) is 17.2 Å². The Kier molecular flexibility index (Phi) is 7.56. The fraction of sp³-hybridized carbons (Fsp3) is 0.100. The van der Waals surface area contributed by atoms with Crippen LogP contribution >= 0.6 is 0 Å². The number of esters is 1. The third kappa shape index (κ3) is 7.09. The van der Waals surface area contributed by atoms with Gasteiger partial charge in [-0.25, -0.2) is 9.59 Å². The Morgan fingerprint density at radius 3 is 2.35 bits per heavy atom. The molecule has 2 amide bonds. The van der Waals surface area contributed by atoms with E-state index < -0.39 is 35.3 Å². The van der Waals surface area contributed by atoms with Crippen molar-refractivity contribution >= 4 is 40.8 Å². The number of carbonyl (C=O) groups excluding carboxylic acids is 3. The van der Waals surface area contributed by atoms with E-state index in [0.717, 1.165) is 6.08 Å². The highest BCUT2D eigenvalue weighted by Gasteiger charge is 2.12. The maximum absolute atomic E-state index is 12.0. The molecule has 0 aromatic heterocycles. The van der Waals surface area contributed by atoms with Gasteiger partial charge in [-0.05, 0) is 37.3 Å². The number of nitro benzene ring substituents is 1. The molecule has 0 spiro atoms. The van der Waals surface area contributed by atoms with Crippen LogP contribution in [-0.2, 0) is 19.1 Å². The molecule has 11 nitrogen and oxygen atoms in total. The summed E-state index contributed by atoms with van der Waals surface area (Å²) in [4.78, 5) is 56.5. The van der Waals surface area contributed by atoms with Crippen molar-refractivity contribution in [2.24, 2.45) is 0 Å². The minimum atomic E-state index is -1.22. The third-order valence-electron chi connectivity index (χ3n) is 3.75. The second-order valence-electron chi connectivity index (χ2n) is 6.13. The van der Waals surface area contributed by atoms with Gasteiger partial charge in [0, 0.05) is 35.2 Å². The Morgan fingerprint density at radius 1 is 1.06 bits per heavy atom. The molecule has 0 heterocycles. The van der Waals surface area contributed by atoms with Crippen LogP contribution in [0.15, 0.2) is 60.2 Å². The molecule has 0 bridgehead atoms. The summed E-state index contributed by atoms with van der Waals surface area (Å²) in [6.45, 7) is 0.662. The number of ether oxygens (including phenoxy) is 1. The SMILES string of the molecule is C/C(=C\C(=O)Nc1ccc(C(=O)OCC(=O)Nc2cccc([N+](=O)[O-])c2)cc1)C(=O)O. The lowest BCUT2D eigenvalue weighted by Gasteiger charge is -2.07. The molecule has 2 rings (SSSR count). The van der Waals surface area contributed by atoms with Crippen LogP contribution < -0.4 is 10.6 Å². The average molecular weight is 427 g/mol. The van der Waals surface area contributed by atoms with E-state index in [1.807, 2.05) is 0 Å². The van der Waals surface area contributed by atoms with Crippen LogP contribution in [0.1, 0.15) is 17.3 Å². The van der Waals surface area contributed by atoms with Gasteiger partial charge in [0.05, 0.1) is 10.5 Å². The molecule has 31 heavy (non-hydrogen) atoms. The van der Waals surface area contributed by atoms with Gasteiger partial charge in [0.1, 0.15) is 0 Å². The van der Waals surface area contributed by atoms with Crippen molar-refractivity contribution in [2.45, 2.75) is 6.92 Å². The maximum atomic E-state index is 12.0. The second-order valence-corrected chi connectivity index (χ2v) is 6.13. The van der Waals surface area contributed by atoms with Gasteiger partial charge >= 0.3 is 11.9 Å². The van der Waals surface area contributed by atoms with Crippen molar-refractivity contribution in [1.29, 1.82) is 0 Å². The number of hydrogen-bond donors (Lipinski definition) is 3. The number of aliphatic carboxylic acids is 1. The lowest BCUT2D eigenvalue weighted by atomic mass is 10.2. The number of nitro groups is 1. The van der Waals surface area contributed by atoms with E-state index in [1.165, 1.54) is 55.5 Å². The molecule has 0 saturated carbocycles. The van der Waals surface area contributed by atoms with Crippen LogP contribution in [0.5, 0.6) is 0 Å². The normalized spacial score (nSPS) is 10.7. The van der Waals surface area contributed by atoms with Crippen molar-refractivity contribution in [1.82, 2.24) is 0 Å². The van der Waals surface area contributed by atoms with Crippen LogP contribution in [0.25, 0.3) is 0 Å². The third-order valence-corrected chi connectivity index (χ3v) is 3.75. The first-order chi connectivity index (χ1) is 14.7. The first kappa shape index (κ1) is 22.7. The van der Waals surface area contributed by atoms with Gasteiger partial charge in [0.25, 0.3) is 11.6 Å². The van der Waals surface area contributed by atoms with Crippen molar-refractivity contribution in [3.8, 4) is 0 Å². The summed E-state index contributed by atoms with van der Waals surface area (Å²) in [7, 11) is 0. The van der Waals surface area contributed by atoms with Gasteiger partial charge in [-0.1, -0.05) is 6.07 Å². The molecular formula is C20H17N3O8. The molecule has 160 valence electrons. The highest BCUT2D eigenvalue weighted by atomic mass is 16.6. The Balaban J connectivity index is 1.88. The van der Waals surface area contributed by atoms with Gasteiger partial charge in [0.15, 0.2) is 6.61 Å². The second kappa shape index (κ2) is 10.3. The standard InChI is InChI=1S/C20H17N3O8/c1-12(19(26)27)9-17(24)21-14-7-5-13(6-8-14)20(28)31-11-18(25)22-15-3-2-4-16(10-15)23(29)30/h2-10H,11H2,1H3,(H,21,24)(H,22,25)(H,26,27)/b12-9+. The Hall–Kier alpha value is -4.54. The van der Waals surface area contributed by atoms with Gasteiger partial charge in [-0.3, -0.25) is 19.7 Å². The van der Waals surface area contributed by atoms with Crippen LogP contribution in [0, 0.1) is 10.1 Å². The number of hydrogen-bond acceptors (Lipinski definition) is 7. The molecular weight excluding hydrogens is 410 g/mol. The summed E-state index contributed by atoms with van der Waals surface area (Å²) in [5.41, 5.74) is 0.275. The monoisotopic (exact) mass is 427 g/mol. The Morgan fingerprint density at radius 2 is 1.74 bits per heavy atom. The van der Waals surface area contributed by atoms with Crippen molar-refractivity contribution in [3.63, 3.8) is 0 Å². The number of amides is 2. The smallest absolute Gasteiger partial charge is 0.338 e. The molecule has 11 heteroatoms. The number of carboxylic acids is 1. The number of nitrogens with zero attached hydrogens (tertiary/aromatic N) is 1. The number of anilines is 2. The highest BCUT2D eigenvalue weighted by molar-refractivity contribution is 6.04. The molecule has 2 aromatic rings. The van der Waals surface area contributed by atoms with Crippen LogP contribution in [0.4, 0.5) is 17.1 Å². The molecule has 3 N–H and O–H groups in total. The minimum absolute atomic E-state index is 0.110. The molecule has 0 atom stereocenters. The molecule has 0 aliphatic rings. The molecule has 0 radical (unpaired) electrons. The Bertz CT molecular complexity index is 1060. The molecule has 2 aromatic carbocycles. The van der Waals surface area contributed by atoms with E-state index in [9.17, 15) is 29.3 Å². The topological polar surface area (TPSA) is 165 Å². The molecule has 0 aliphatic heterocycles.